The molecule has 0 aliphatic heterocycles. The van der Waals surface area contributed by atoms with Crippen LogP contribution in [0.15, 0.2) is 58.3 Å². The Kier molecular flexibility index (Phi) is 9.49. The van der Waals surface area contributed by atoms with Gasteiger partial charge in [-0.15, -0.1) is 11.8 Å². The minimum absolute atomic E-state index is 0.0911. The number of hydrogen-bond acceptors (Lipinski definition) is 5. The molecular weight excluding hydrogens is 442 g/mol. The van der Waals surface area contributed by atoms with Crippen LogP contribution in [0.4, 0.5) is 0 Å². The molecule has 0 saturated carbocycles. The lowest BCUT2D eigenvalue weighted by Crippen LogP contribution is -2.22. The predicted molar refractivity (Wildman–Crippen MR) is 133 cm³/mol. The molecule has 2 rings (SSSR count). The van der Waals surface area contributed by atoms with E-state index in [0.717, 1.165) is 31.4 Å². The normalized spacial score (nSPS) is 12.6. The highest BCUT2D eigenvalue weighted by molar-refractivity contribution is 7.98. The molecule has 0 heterocycles. The standard InChI is InChI=1S/C25H37NO4S2/c1-24(2,16-18-29-20-6-10-22(31-5)11-7-20)14-15-25(3,4)17-19-30-21-8-12-23(13-9-21)32(26,27)28/h6-13H,14-19H2,1-5H3,(H2,26,27,28). The van der Waals surface area contributed by atoms with Crippen molar-refractivity contribution in [3.05, 3.63) is 48.5 Å². The van der Waals surface area contributed by atoms with Gasteiger partial charge in [-0.1, -0.05) is 27.7 Å². The van der Waals surface area contributed by atoms with Gasteiger partial charge in [0.15, 0.2) is 0 Å². The first kappa shape index (κ1) is 26.6. The molecule has 0 aromatic heterocycles. The van der Waals surface area contributed by atoms with E-state index in [1.165, 1.54) is 17.0 Å². The largest absolute Gasteiger partial charge is 0.494 e. The highest BCUT2D eigenvalue weighted by Crippen LogP contribution is 2.35. The Morgan fingerprint density at radius 1 is 0.750 bits per heavy atom. The summed E-state index contributed by atoms with van der Waals surface area (Å²) in [6.45, 7) is 10.4. The molecule has 2 aromatic carbocycles. The van der Waals surface area contributed by atoms with Crippen LogP contribution in [-0.4, -0.2) is 27.9 Å². The molecule has 0 unspecified atom stereocenters. The van der Waals surface area contributed by atoms with Crippen molar-refractivity contribution in [1.82, 2.24) is 0 Å². The Balaban J connectivity index is 1.72. The lowest BCUT2D eigenvalue weighted by atomic mass is 9.76. The van der Waals surface area contributed by atoms with E-state index < -0.39 is 10.0 Å². The summed E-state index contributed by atoms with van der Waals surface area (Å²) in [7, 11) is -3.68. The van der Waals surface area contributed by atoms with E-state index in [4.69, 9.17) is 14.6 Å². The Labute approximate surface area is 198 Å². The van der Waals surface area contributed by atoms with E-state index in [2.05, 4.69) is 46.1 Å². The van der Waals surface area contributed by atoms with Gasteiger partial charge < -0.3 is 9.47 Å². The molecule has 0 radical (unpaired) electrons. The molecule has 0 aliphatic carbocycles. The molecule has 0 spiro atoms. The number of thioether (sulfide) groups is 1. The van der Waals surface area contributed by atoms with Crippen molar-refractivity contribution in [2.45, 2.75) is 63.2 Å². The molecule has 0 amide bonds. The van der Waals surface area contributed by atoms with Gasteiger partial charge in [-0.05, 0) is 91.3 Å². The zero-order valence-corrected chi connectivity index (χ0v) is 21.5. The second-order valence-electron chi connectivity index (χ2n) is 9.72. The second kappa shape index (κ2) is 11.4. The number of sulfonamides is 1. The van der Waals surface area contributed by atoms with Gasteiger partial charge in [0, 0.05) is 4.90 Å². The lowest BCUT2D eigenvalue weighted by molar-refractivity contribution is 0.164. The summed E-state index contributed by atoms with van der Waals surface area (Å²) in [6, 6.07) is 14.5. The summed E-state index contributed by atoms with van der Waals surface area (Å²) in [5, 5.41) is 5.13. The Hall–Kier alpha value is -1.70. The average molecular weight is 480 g/mol. The average Bonchev–Trinajstić information content (AvgIpc) is 2.73. The van der Waals surface area contributed by atoms with Crippen molar-refractivity contribution in [1.29, 1.82) is 0 Å². The molecule has 7 heteroatoms. The highest BCUT2D eigenvalue weighted by atomic mass is 32.2. The van der Waals surface area contributed by atoms with Gasteiger partial charge in [-0.25, -0.2) is 13.6 Å². The first-order valence-electron chi connectivity index (χ1n) is 10.9. The maximum atomic E-state index is 11.3. The van der Waals surface area contributed by atoms with Crippen LogP contribution in [0.1, 0.15) is 53.4 Å². The van der Waals surface area contributed by atoms with Gasteiger partial charge in [0.25, 0.3) is 0 Å². The van der Waals surface area contributed by atoms with Crippen molar-refractivity contribution < 1.29 is 17.9 Å². The van der Waals surface area contributed by atoms with Gasteiger partial charge in [0.2, 0.25) is 10.0 Å². The van der Waals surface area contributed by atoms with Gasteiger partial charge in [0.05, 0.1) is 18.1 Å². The summed E-state index contributed by atoms with van der Waals surface area (Å²) in [6.07, 6.45) is 6.19. The van der Waals surface area contributed by atoms with E-state index in [1.54, 1.807) is 23.9 Å². The molecule has 0 atom stereocenters. The Bertz CT molecular complexity index is 937. The number of hydrogen-bond donors (Lipinski definition) is 1. The molecule has 178 valence electrons. The maximum absolute atomic E-state index is 11.3. The van der Waals surface area contributed by atoms with Crippen LogP contribution in [0.3, 0.4) is 0 Å². The predicted octanol–water partition coefficient (Wildman–Crippen LogP) is 6.13. The van der Waals surface area contributed by atoms with Crippen LogP contribution < -0.4 is 14.6 Å². The van der Waals surface area contributed by atoms with E-state index in [1.807, 2.05) is 12.1 Å². The maximum Gasteiger partial charge on any atom is 0.238 e. The van der Waals surface area contributed by atoms with Crippen LogP contribution in [0, 0.1) is 10.8 Å². The molecule has 2 N–H and O–H groups in total. The number of nitrogens with two attached hydrogens (primary N) is 1. The zero-order valence-electron chi connectivity index (χ0n) is 19.9. The van der Waals surface area contributed by atoms with Crippen LogP contribution >= 0.6 is 11.8 Å². The summed E-state index contributed by atoms with van der Waals surface area (Å²) < 4.78 is 34.4. The number of rotatable bonds is 13. The SMILES string of the molecule is CSc1ccc(OCCC(C)(C)CCC(C)(C)CCOc2ccc(S(N)(=O)=O)cc2)cc1. The fraction of sp³-hybridized carbons (Fsp3) is 0.520. The van der Waals surface area contributed by atoms with Gasteiger partial charge in [-0.2, -0.15) is 0 Å². The quantitative estimate of drug-likeness (QED) is 0.350. The summed E-state index contributed by atoms with van der Waals surface area (Å²) in [5.41, 5.74) is 0.340. The minimum Gasteiger partial charge on any atom is -0.494 e. The monoisotopic (exact) mass is 479 g/mol. The topological polar surface area (TPSA) is 78.6 Å². The number of primary sulfonamides is 1. The van der Waals surface area contributed by atoms with Crippen LogP contribution in [-0.2, 0) is 10.0 Å². The molecule has 0 bridgehead atoms. The van der Waals surface area contributed by atoms with Crippen molar-refractivity contribution >= 4 is 21.8 Å². The van der Waals surface area contributed by atoms with E-state index in [0.29, 0.717) is 19.0 Å². The van der Waals surface area contributed by atoms with Crippen molar-refractivity contribution in [2.24, 2.45) is 16.0 Å². The molecular formula is C25H37NO4S2. The Morgan fingerprint density at radius 2 is 1.16 bits per heavy atom. The third-order valence-corrected chi connectivity index (χ3v) is 7.46. The first-order chi connectivity index (χ1) is 14.9. The molecule has 0 saturated heterocycles. The second-order valence-corrected chi connectivity index (χ2v) is 12.2. The molecule has 2 aromatic rings. The molecule has 5 nitrogen and oxygen atoms in total. The van der Waals surface area contributed by atoms with Crippen molar-refractivity contribution in [2.75, 3.05) is 19.5 Å². The molecule has 0 fully saturated rings. The zero-order chi connectivity index (χ0) is 23.8. The van der Waals surface area contributed by atoms with E-state index in [-0.39, 0.29) is 15.7 Å². The molecule has 0 aliphatic rings. The van der Waals surface area contributed by atoms with Crippen LogP contribution in [0.2, 0.25) is 0 Å². The third-order valence-electron chi connectivity index (χ3n) is 5.79. The molecule has 32 heavy (non-hydrogen) atoms. The first-order valence-corrected chi connectivity index (χ1v) is 13.7. The summed E-state index contributed by atoms with van der Waals surface area (Å²) >= 11 is 1.73. The van der Waals surface area contributed by atoms with Crippen LogP contribution in [0.5, 0.6) is 11.5 Å². The third kappa shape index (κ3) is 9.43. The Morgan fingerprint density at radius 3 is 1.53 bits per heavy atom. The van der Waals surface area contributed by atoms with Gasteiger partial charge in [-0.3, -0.25) is 0 Å². The summed E-state index contributed by atoms with van der Waals surface area (Å²) in [5.74, 6) is 1.57. The van der Waals surface area contributed by atoms with E-state index >= 15 is 0 Å². The van der Waals surface area contributed by atoms with Crippen LogP contribution in [0.25, 0.3) is 0 Å². The number of ether oxygens (including phenoxy) is 2. The van der Waals surface area contributed by atoms with Crippen molar-refractivity contribution in [3.8, 4) is 11.5 Å². The number of benzene rings is 2. The lowest BCUT2D eigenvalue weighted by Gasteiger charge is -2.31. The van der Waals surface area contributed by atoms with Gasteiger partial charge >= 0.3 is 0 Å². The van der Waals surface area contributed by atoms with Crippen molar-refractivity contribution in [3.63, 3.8) is 0 Å². The fourth-order valence-electron chi connectivity index (χ4n) is 3.21. The van der Waals surface area contributed by atoms with Gasteiger partial charge in [0.1, 0.15) is 11.5 Å². The highest BCUT2D eigenvalue weighted by Gasteiger charge is 2.24. The smallest absolute Gasteiger partial charge is 0.238 e. The minimum atomic E-state index is -3.68. The van der Waals surface area contributed by atoms with E-state index in [9.17, 15) is 8.42 Å². The fourth-order valence-corrected chi connectivity index (χ4v) is 4.14. The summed E-state index contributed by atoms with van der Waals surface area (Å²) in [4.78, 5) is 1.33.